The van der Waals surface area contributed by atoms with Gasteiger partial charge in [0.2, 0.25) is 0 Å². The van der Waals surface area contributed by atoms with Crippen LogP contribution in [0.4, 0.5) is 0 Å². The number of aliphatic carboxylic acids is 1. The average Bonchev–Trinajstić information content (AvgIpc) is 2.94. The molecule has 0 saturated heterocycles. The zero-order chi connectivity index (χ0) is 14.5. The minimum Gasteiger partial charge on any atom is -0.481 e. The summed E-state index contributed by atoms with van der Waals surface area (Å²) in [4.78, 5) is 11.1. The maximum Gasteiger partial charge on any atom is 0.310 e. The van der Waals surface area contributed by atoms with E-state index in [2.05, 4.69) is 29.3 Å². The lowest BCUT2D eigenvalue weighted by molar-refractivity contribution is -0.138. The normalized spacial score (nSPS) is 12.3. The van der Waals surface area contributed by atoms with Crippen LogP contribution in [-0.2, 0) is 11.2 Å². The molecule has 0 aliphatic carbocycles. The molecule has 0 radical (unpaired) electrons. The number of carboxylic acids is 1. The van der Waals surface area contributed by atoms with Crippen molar-refractivity contribution in [2.45, 2.75) is 39.0 Å². The summed E-state index contributed by atoms with van der Waals surface area (Å²) in [5.74, 6) is -1.41. The maximum atomic E-state index is 11.1. The third kappa shape index (κ3) is 3.07. The first-order valence-electron chi connectivity index (χ1n) is 6.98. The van der Waals surface area contributed by atoms with Gasteiger partial charge in [0.05, 0.1) is 17.8 Å². The Morgan fingerprint density at radius 3 is 2.65 bits per heavy atom. The van der Waals surface area contributed by atoms with Gasteiger partial charge in [-0.25, -0.2) is 0 Å². The number of carboxylic acid groups (broad SMARTS) is 1. The molecule has 106 valence electrons. The van der Waals surface area contributed by atoms with Crippen LogP contribution in [0, 0.1) is 0 Å². The van der Waals surface area contributed by atoms with Crippen molar-refractivity contribution in [2.24, 2.45) is 0 Å². The summed E-state index contributed by atoms with van der Waals surface area (Å²) in [6, 6.07) is 8.25. The van der Waals surface area contributed by atoms with E-state index in [9.17, 15) is 4.79 Å². The first-order valence-corrected chi connectivity index (χ1v) is 6.98. The highest BCUT2D eigenvalue weighted by Crippen LogP contribution is 2.27. The first kappa shape index (κ1) is 14.3. The van der Waals surface area contributed by atoms with Crippen LogP contribution in [0.5, 0.6) is 0 Å². The van der Waals surface area contributed by atoms with E-state index in [-0.39, 0.29) is 0 Å². The van der Waals surface area contributed by atoms with Crippen molar-refractivity contribution in [3.63, 3.8) is 0 Å². The zero-order valence-corrected chi connectivity index (χ0v) is 11.9. The fourth-order valence-electron chi connectivity index (χ4n) is 2.21. The van der Waals surface area contributed by atoms with Gasteiger partial charge in [-0.3, -0.25) is 9.89 Å². The molecule has 0 bridgehead atoms. The van der Waals surface area contributed by atoms with Crippen LogP contribution >= 0.6 is 0 Å². The second kappa shape index (κ2) is 6.37. The van der Waals surface area contributed by atoms with Crippen molar-refractivity contribution in [3.05, 3.63) is 41.6 Å². The molecule has 2 rings (SSSR count). The number of aromatic nitrogens is 2. The van der Waals surface area contributed by atoms with Gasteiger partial charge < -0.3 is 5.11 Å². The molecule has 0 amide bonds. The fraction of sp³-hybridized carbons (Fsp3) is 0.375. The Labute approximate surface area is 118 Å². The molecule has 1 unspecified atom stereocenters. The van der Waals surface area contributed by atoms with Gasteiger partial charge >= 0.3 is 5.97 Å². The van der Waals surface area contributed by atoms with Crippen LogP contribution in [0.15, 0.2) is 30.5 Å². The number of unbranched alkanes of at least 4 members (excludes halogenated alkanes) is 1. The Morgan fingerprint density at radius 1 is 1.35 bits per heavy atom. The standard InChI is InChI=1S/C16H20N2O2/c1-3-4-5-12-6-8-13(9-7-12)15-14(10-17-18-15)11(2)16(19)20/h6-11H,3-5H2,1-2H3,(H,17,18)(H,19,20). The van der Waals surface area contributed by atoms with Crippen molar-refractivity contribution in [3.8, 4) is 11.3 Å². The minimum atomic E-state index is -0.841. The van der Waals surface area contributed by atoms with Crippen LogP contribution in [0.25, 0.3) is 11.3 Å². The third-order valence-corrected chi connectivity index (χ3v) is 3.57. The predicted molar refractivity (Wildman–Crippen MR) is 78.7 cm³/mol. The lowest BCUT2D eigenvalue weighted by Gasteiger charge is -2.08. The van der Waals surface area contributed by atoms with Crippen molar-refractivity contribution in [2.75, 3.05) is 0 Å². The van der Waals surface area contributed by atoms with Gasteiger partial charge in [0.15, 0.2) is 0 Å². The smallest absolute Gasteiger partial charge is 0.310 e. The van der Waals surface area contributed by atoms with Gasteiger partial charge in [-0.2, -0.15) is 5.10 Å². The number of benzene rings is 1. The minimum absolute atomic E-state index is 0.566. The lowest BCUT2D eigenvalue weighted by Crippen LogP contribution is -2.07. The number of nitrogens with zero attached hydrogens (tertiary/aromatic N) is 1. The summed E-state index contributed by atoms with van der Waals surface area (Å²) in [5.41, 5.74) is 3.80. The number of rotatable bonds is 6. The van der Waals surface area contributed by atoms with Crippen molar-refractivity contribution < 1.29 is 9.90 Å². The Balaban J connectivity index is 2.24. The van der Waals surface area contributed by atoms with E-state index in [0.29, 0.717) is 0 Å². The summed E-state index contributed by atoms with van der Waals surface area (Å²) < 4.78 is 0. The molecule has 0 fully saturated rings. The predicted octanol–water partition coefficient (Wildman–Crippen LogP) is 3.61. The summed E-state index contributed by atoms with van der Waals surface area (Å²) in [5, 5.41) is 16.0. The molecule has 0 aliphatic heterocycles. The van der Waals surface area contributed by atoms with Gasteiger partial charge in [0.1, 0.15) is 0 Å². The molecule has 4 nitrogen and oxygen atoms in total. The highest BCUT2D eigenvalue weighted by molar-refractivity contribution is 5.79. The van der Waals surface area contributed by atoms with Gasteiger partial charge in [0.25, 0.3) is 0 Å². The quantitative estimate of drug-likeness (QED) is 0.844. The second-order valence-corrected chi connectivity index (χ2v) is 5.06. The van der Waals surface area contributed by atoms with Gasteiger partial charge in [0, 0.05) is 5.56 Å². The van der Waals surface area contributed by atoms with Crippen molar-refractivity contribution >= 4 is 5.97 Å². The Bertz CT molecular complexity index is 572. The molecule has 1 heterocycles. The van der Waals surface area contributed by atoms with Crippen LogP contribution < -0.4 is 0 Å². The van der Waals surface area contributed by atoms with Crippen LogP contribution in [0.3, 0.4) is 0 Å². The number of carbonyl (C=O) groups is 1. The van der Waals surface area contributed by atoms with E-state index in [1.165, 1.54) is 18.4 Å². The zero-order valence-electron chi connectivity index (χ0n) is 11.9. The number of aryl methyl sites for hydroxylation is 1. The molecule has 0 aliphatic rings. The van der Waals surface area contributed by atoms with Gasteiger partial charge in [-0.15, -0.1) is 0 Å². The molecule has 1 atom stereocenters. The maximum absolute atomic E-state index is 11.1. The van der Waals surface area contributed by atoms with Crippen molar-refractivity contribution in [1.82, 2.24) is 10.2 Å². The molecule has 1 aromatic carbocycles. The fourth-order valence-corrected chi connectivity index (χ4v) is 2.21. The van der Waals surface area contributed by atoms with E-state index in [1.54, 1.807) is 13.1 Å². The molecule has 0 saturated carbocycles. The van der Waals surface area contributed by atoms with E-state index in [4.69, 9.17) is 5.11 Å². The van der Waals surface area contributed by atoms with Gasteiger partial charge in [-0.05, 0) is 30.9 Å². The lowest BCUT2D eigenvalue weighted by atomic mass is 9.97. The van der Waals surface area contributed by atoms with E-state index >= 15 is 0 Å². The van der Waals surface area contributed by atoms with Crippen LogP contribution in [0.1, 0.15) is 43.7 Å². The number of aromatic amines is 1. The van der Waals surface area contributed by atoms with Crippen molar-refractivity contribution in [1.29, 1.82) is 0 Å². The summed E-state index contributed by atoms with van der Waals surface area (Å²) in [6.45, 7) is 3.85. The molecule has 20 heavy (non-hydrogen) atoms. The molecule has 1 aromatic heterocycles. The largest absolute Gasteiger partial charge is 0.481 e. The molecule has 2 aromatic rings. The molecule has 4 heteroatoms. The number of hydrogen-bond acceptors (Lipinski definition) is 2. The Hall–Kier alpha value is -2.10. The number of hydrogen-bond donors (Lipinski definition) is 2. The molecule has 0 spiro atoms. The monoisotopic (exact) mass is 272 g/mol. The molecular formula is C16H20N2O2. The SMILES string of the molecule is CCCCc1ccc(-c2[nH]ncc2C(C)C(=O)O)cc1. The van der Waals surface area contributed by atoms with Gasteiger partial charge in [-0.1, -0.05) is 37.6 Å². The van der Waals surface area contributed by atoms with E-state index < -0.39 is 11.9 Å². The first-order chi connectivity index (χ1) is 9.63. The second-order valence-electron chi connectivity index (χ2n) is 5.06. The van der Waals surface area contributed by atoms with E-state index in [0.717, 1.165) is 23.2 Å². The number of H-pyrrole nitrogens is 1. The highest BCUT2D eigenvalue weighted by atomic mass is 16.4. The third-order valence-electron chi connectivity index (χ3n) is 3.57. The molecule has 2 N–H and O–H groups in total. The summed E-state index contributed by atoms with van der Waals surface area (Å²) in [7, 11) is 0. The Kier molecular flexibility index (Phi) is 4.56. The highest BCUT2D eigenvalue weighted by Gasteiger charge is 2.19. The Morgan fingerprint density at radius 2 is 2.05 bits per heavy atom. The van der Waals surface area contributed by atoms with Crippen LogP contribution in [0.2, 0.25) is 0 Å². The number of nitrogens with one attached hydrogen (secondary N) is 1. The summed E-state index contributed by atoms with van der Waals surface area (Å²) >= 11 is 0. The molecular weight excluding hydrogens is 252 g/mol. The van der Waals surface area contributed by atoms with E-state index in [1.807, 2.05) is 12.1 Å². The average molecular weight is 272 g/mol. The van der Waals surface area contributed by atoms with Crippen LogP contribution in [-0.4, -0.2) is 21.3 Å². The topological polar surface area (TPSA) is 66.0 Å². The summed E-state index contributed by atoms with van der Waals surface area (Å²) in [6.07, 6.45) is 5.05.